The monoisotopic (exact) mass is 338 g/mol. The number of fused-ring (bicyclic) bond motifs is 2. The van der Waals surface area contributed by atoms with Crippen molar-refractivity contribution in [2.24, 2.45) is 0 Å². The largest absolute Gasteiger partial charge is 0.467 e. The molecule has 0 unspecified atom stereocenters. The van der Waals surface area contributed by atoms with Crippen molar-refractivity contribution in [1.82, 2.24) is 4.57 Å². The highest BCUT2D eigenvalue weighted by Crippen LogP contribution is 2.32. The number of aromatic nitrogens is 2. The molecule has 0 spiro atoms. The van der Waals surface area contributed by atoms with Crippen LogP contribution in [0.15, 0.2) is 49.3 Å². The molecule has 0 radical (unpaired) electrons. The van der Waals surface area contributed by atoms with Crippen LogP contribution in [0, 0.1) is 10.1 Å². The lowest BCUT2D eigenvalue weighted by Crippen LogP contribution is -2.33. The number of ether oxygens (including phenoxy) is 2. The minimum Gasteiger partial charge on any atom is -0.467 e. The molecule has 1 aromatic heterocycles. The fourth-order valence-electron chi connectivity index (χ4n) is 3.16. The van der Waals surface area contributed by atoms with E-state index in [9.17, 15) is 10.1 Å². The summed E-state index contributed by atoms with van der Waals surface area (Å²) in [5.74, 6) is 0.666. The molecule has 1 aliphatic rings. The first-order valence-electron chi connectivity index (χ1n) is 7.79. The molecular weight excluding hydrogens is 322 g/mol. The highest BCUT2D eigenvalue weighted by atomic mass is 16.7. The molecule has 0 aliphatic carbocycles. The minimum atomic E-state index is -0.393. The summed E-state index contributed by atoms with van der Waals surface area (Å²) in [6.07, 6.45) is 3.65. The number of nitro groups is 1. The van der Waals surface area contributed by atoms with Crippen molar-refractivity contribution in [3.63, 3.8) is 0 Å². The molecule has 3 aromatic rings. The summed E-state index contributed by atoms with van der Waals surface area (Å²) in [5, 5.41) is 11.3. The summed E-state index contributed by atoms with van der Waals surface area (Å²) in [7, 11) is 0. The lowest BCUT2D eigenvalue weighted by molar-refractivity contribution is -0.662. The van der Waals surface area contributed by atoms with Gasteiger partial charge in [-0.25, -0.2) is 9.13 Å². The summed E-state index contributed by atoms with van der Waals surface area (Å²) >= 11 is 0. The van der Waals surface area contributed by atoms with Gasteiger partial charge in [-0.05, 0) is 12.1 Å². The van der Waals surface area contributed by atoms with E-state index in [-0.39, 0.29) is 12.5 Å². The number of nitro benzene ring substituents is 1. The number of nitrogens with zero attached hydrogens (tertiary/aromatic N) is 3. The van der Waals surface area contributed by atoms with E-state index in [0.717, 1.165) is 16.6 Å². The van der Waals surface area contributed by atoms with Gasteiger partial charge < -0.3 is 9.47 Å². The van der Waals surface area contributed by atoms with Crippen molar-refractivity contribution < 1.29 is 19.0 Å². The van der Waals surface area contributed by atoms with E-state index < -0.39 is 4.92 Å². The molecule has 2 aromatic carbocycles. The molecule has 1 aliphatic heterocycles. The maximum absolute atomic E-state index is 11.3. The first-order chi connectivity index (χ1) is 12.2. The molecular formula is C18H16N3O4+. The van der Waals surface area contributed by atoms with Crippen LogP contribution in [0.5, 0.6) is 5.75 Å². The Balaban J connectivity index is 1.85. The van der Waals surface area contributed by atoms with Crippen molar-refractivity contribution in [3.8, 4) is 5.75 Å². The second-order valence-electron chi connectivity index (χ2n) is 5.78. The maximum Gasteiger partial charge on any atom is 0.270 e. The van der Waals surface area contributed by atoms with Crippen LogP contribution in [-0.4, -0.2) is 16.3 Å². The van der Waals surface area contributed by atoms with Gasteiger partial charge in [-0.3, -0.25) is 10.1 Å². The van der Waals surface area contributed by atoms with Crippen LogP contribution >= 0.6 is 0 Å². The maximum atomic E-state index is 11.3. The fourth-order valence-corrected chi connectivity index (χ4v) is 3.16. The van der Waals surface area contributed by atoms with Gasteiger partial charge in [0.25, 0.3) is 5.69 Å². The van der Waals surface area contributed by atoms with Crippen LogP contribution in [0.2, 0.25) is 0 Å². The lowest BCUT2D eigenvalue weighted by atomic mass is 10.1. The third kappa shape index (κ3) is 2.64. The van der Waals surface area contributed by atoms with Gasteiger partial charge in [0.15, 0.2) is 17.8 Å². The zero-order valence-corrected chi connectivity index (χ0v) is 13.4. The van der Waals surface area contributed by atoms with E-state index >= 15 is 0 Å². The Labute approximate surface area is 143 Å². The Morgan fingerprint density at radius 1 is 1.36 bits per heavy atom. The van der Waals surface area contributed by atoms with Crippen molar-refractivity contribution in [2.75, 3.05) is 6.79 Å². The third-order valence-corrected chi connectivity index (χ3v) is 4.25. The van der Waals surface area contributed by atoms with Gasteiger partial charge in [-0.15, -0.1) is 0 Å². The third-order valence-electron chi connectivity index (χ3n) is 4.25. The van der Waals surface area contributed by atoms with E-state index in [2.05, 4.69) is 6.58 Å². The zero-order valence-electron chi connectivity index (χ0n) is 13.4. The highest BCUT2D eigenvalue weighted by Gasteiger charge is 2.23. The summed E-state index contributed by atoms with van der Waals surface area (Å²) in [4.78, 5) is 10.9. The molecule has 2 heterocycles. The summed E-state index contributed by atoms with van der Waals surface area (Å²) in [6, 6.07) is 11.0. The summed E-state index contributed by atoms with van der Waals surface area (Å²) in [5.41, 5.74) is 3.51. The van der Waals surface area contributed by atoms with Crippen LogP contribution in [0.1, 0.15) is 11.1 Å². The summed E-state index contributed by atoms with van der Waals surface area (Å²) < 4.78 is 14.8. The molecule has 7 nitrogen and oxygen atoms in total. The number of para-hydroxylation sites is 2. The van der Waals surface area contributed by atoms with Crippen LogP contribution in [0.4, 0.5) is 5.69 Å². The number of benzene rings is 2. The smallest absolute Gasteiger partial charge is 0.270 e. The molecule has 7 heteroatoms. The molecule has 0 amide bonds. The van der Waals surface area contributed by atoms with Crippen LogP contribution in [0.25, 0.3) is 17.2 Å². The minimum absolute atomic E-state index is 0.0379. The number of hydrogen-bond acceptors (Lipinski definition) is 4. The average molecular weight is 338 g/mol. The molecule has 0 fully saturated rings. The van der Waals surface area contributed by atoms with Gasteiger partial charge in [0.2, 0.25) is 6.33 Å². The Hall–Kier alpha value is -3.19. The molecule has 25 heavy (non-hydrogen) atoms. The SMILES string of the molecule is C=Cn1c[n+](Cc2cc([N+](=O)[O-])cc3c2OCOC3)c2ccccc21. The molecule has 0 saturated carbocycles. The number of non-ortho nitro benzene ring substituents is 1. The fraction of sp³-hybridized carbons (Fsp3) is 0.167. The Kier molecular flexibility index (Phi) is 3.70. The molecule has 0 saturated heterocycles. The average Bonchev–Trinajstić information content (AvgIpc) is 2.99. The van der Waals surface area contributed by atoms with E-state index in [0.29, 0.717) is 24.5 Å². The Morgan fingerprint density at radius 2 is 2.20 bits per heavy atom. The van der Waals surface area contributed by atoms with Crippen molar-refractivity contribution in [2.45, 2.75) is 13.2 Å². The van der Waals surface area contributed by atoms with Gasteiger partial charge in [0.1, 0.15) is 12.3 Å². The molecule has 0 bridgehead atoms. The Morgan fingerprint density at radius 3 is 3.00 bits per heavy atom. The number of hydrogen-bond donors (Lipinski definition) is 0. The van der Waals surface area contributed by atoms with Gasteiger partial charge in [0.05, 0.1) is 17.7 Å². The number of rotatable bonds is 4. The van der Waals surface area contributed by atoms with Gasteiger partial charge >= 0.3 is 0 Å². The molecule has 0 atom stereocenters. The summed E-state index contributed by atoms with van der Waals surface area (Å²) in [6.45, 7) is 4.74. The number of imidazole rings is 1. The van der Waals surface area contributed by atoms with Crippen molar-refractivity contribution >= 4 is 22.9 Å². The normalized spacial score (nSPS) is 13.3. The zero-order chi connectivity index (χ0) is 17.4. The molecule has 126 valence electrons. The standard InChI is InChI=1S/C18H16N3O4/c1-2-19-11-20(17-6-4-3-5-16(17)19)9-13-7-15(21(22)23)8-14-10-24-12-25-18(13)14/h2-8,11H,1,9-10,12H2/q+1. The van der Waals surface area contributed by atoms with E-state index in [1.54, 1.807) is 12.3 Å². The van der Waals surface area contributed by atoms with E-state index in [1.165, 1.54) is 6.07 Å². The highest BCUT2D eigenvalue weighted by molar-refractivity contribution is 5.73. The Bertz CT molecular complexity index is 993. The first kappa shape index (κ1) is 15.3. The van der Waals surface area contributed by atoms with E-state index in [4.69, 9.17) is 9.47 Å². The van der Waals surface area contributed by atoms with Crippen molar-refractivity contribution in [1.29, 1.82) is 0 Å². The second-order valence-corrected chi connectivity index (χ2v) is 5.78. The van der Waals surface area contributed by atoms with Crippen LogP contribution in [0.3, 0.4) is 0 Å². The van der Waals surface area contributed by atoms with Crippen molar-refractivity contribution in [3.05, 3.63) is 70.5 Å². The predicted octanol–water partition coefficient (Wildman–Crippen LogP) is 2.85. The van der Waals surface area contributed by atoms with Gasteiger partial charge in [-0.2, -0.15) is 0 Å². The predicted molar refractivity (Wildman–Crippen MR) is 91.0 cm³/mol. The quantitative estimate of drug-likeness (QED) is 0.417. The second kappa shape index (κ2) is 6.03. The van der Waals surface area contributed by atoms with Gasteiger partial charge in [-0.1, -0.05) is 18.7 Å². The van der Waals surface area contributed by atoms with Crippen LogP contribution < -0.4 is 9.30 Å². The molecule has 4 rings (SSSR count). The van der Waals surface area contributed by atoms with E-state index in [1.807, 2.05) is 39.7 Å². The molecule has 0 N–H and O–H groups in total. The van der Waals surface area contributed by atoms with Crippen LogP contribution in [-0.2, 0) is 17.9 Å². The lowest BCUT2D eigenvalue weighted by Gasteiger charge is -2.19. The first-order valence-corrected chi connectivity index (χ1v) is 7.79. The topological polar surface area (TPSA) is 70.4 Å². The van der Waals surface area contributed by atoms with Gasteiger partial charge in [0, 0.05) is 23.3 Å².